The van der Waals surface area contributed by atoms with Crippen LogP contribution < -0.4 is 5.32 Å². The Labute approximate surface area is 127 Å². The van der Waals surface area contributed by atoms with Gasteiger partial charge in [0, 0.05) is 19.1 Å². The standard InChI is InChI=1S/C18H38N2/c1-5-14-19-15-18(6-2,7-3)16-20(8-4)17-12-10-9-11-13-17/h17,19H,5-16H2,1-4H3. The van der Waals surface area contributed by atoms with Crippen LogP contribution in [0.2, 0.25) is 0 Å². The summed E-state index contributed by atoms with van der Waals surface area (Å²) < 4.78 is 0. The molecule has 0 saturated heterocycles. The third-order valence-corrected chi connectivity index (χ3v) is 5.46. The lowest BCUT2D eigenvalue weighted by Crippen LogP contribution is -2.47. The van der Waals surface area contributed by atoms with Gasteiger partial charge in [0.2, 0.25) is 0 Å². The molecule has 0 spiro atoms. The summed E-state index contributed by atoms with van der Waals surface area (Å²) in [4.78, 5) is 2.79. The maximum absolute atomic E-state index is 3.68. The molecular weight excluding hydrogens is 244 g/mol. The highest BCUT2D eigenvalue weighted by Crippen LogP contribution is 2.30. The van der Waals surface area contributed by atoms with Gasteiger partial charge < -0.3 is 10.2 Å². The molecule has 1 rings (SSSR count). The summed E-state index contributed by atoms with van der Waals surface area (Å²) in [6.45, 7) is 14.2. The van der Waals surface area contributed by atoms with Crippen LogP contribution in [0.5, 0.6) is 0 Å². The van der Waals surface area contributed by atoms with E-state index < -0.39 is 0 Å². The minimum absolute atomic E-state index is 0.475. The van der Waals surface area contributed by atoms with Gasteiger partial charge in [-0.25, -0.2) is 0 Å². The molecule has 1 N–H and O–H groups in total. The van der Waals surface area contributed by atoms with Crippen LogP contribution in [-0.2, 0) is 0 Å². The molecule has 1 saturated carbocycles. The SMILES string of the molecule is CCCNCC(CC)(CC)CN(CC)C1CCCCC1. The zero-order valence-electron chi connectivity index (χ0n) is 14.5. The summed E-state index contributed by atoms with van der Waals surface area (Å²) in [6, 6.07) is 0.859. The fourth-order valence-electron chi connectivity index (χ4n) is 3.69. The van der Waals surface area contributed by atoms with Crippen LogP contribution in [0.1, 0.15) is 79.1 Å². The van der Waals surface area contributed by atoms with Gasteiger partial charge in [0.1, 0.15) is 0 Å². The van der Waals surface area contributed by atoms with Gasteiger partial charge in [-0.15, -0.1) is 0 Å². The first kappa shape index (κ1) is 18.0. The van der Waals surface area contributed by atoms with E-state index in [9.17, 15) is 0 Å². The highest BCUT2D eigenvalue weighted by atomic mass is 15.2. The Bertz CT molecular complexity index is 230. The van der Waals surface area contributed by atoms with Crippen molar-refractivity contribution in [2.45, 2.75) is 85.1 Å². The molecule has 0 bridgehead atoms. The second kappa shape index (κ2) is 9.78. The maximum atomic E-state index is 3.68. The summed E-state index contributed by atoms with van der Waals surface area (Å²) in [5.41, 5.74) is 0.475. The number of rotatable bonds is 10. The summed E-state index contributed by atoms with van der Waals surface area (Å²) in [5.74, 6) is 0. The first-order chi connectivity index (χ1) is 9.71. The van der Waals surface area contributed by atoms with E-state index in [0.29, 0.717) is 5.41 Å². The molecule has 2 heteroatoms. The van der Waals surface area contributed by atoms with Crippen LogP contribution in [0.15, 0.2) is 0 Å². The summed E-state index contributed by atoms with van der Waals surface area (Å²) in [5, 5.41) is 3.68. The maximum Gasteiger partial charge on any atom is 0.00953 e. The van der Waals surface area contributed by atoms with Crippen LogP contribution in [0.3, 0.4) is 0 Å². The van der Waals surface area contributed by atoms with Gasteiger partial charge in [-0.3, -0.25) is 0 Å². The van der Waals surface area contributed by atoms with E-state index in [1.54, 1.807) is 0 Å². The van der Waals surface area contributed by atoms with Gasteiger partial charge in [-0.1, -0.05) is 47.0 Å². The van der Waals surface area contributed by atoms with E-state index >= 15 is 0 Å². The van der Waals surface area contributed by atoms with Crippen molar-refractivity contribution in [2.75, 3.05) is 26.2 Å². The van der Waals surface area contributed by atoms with Crippen molar-refractivity contribution in [3.63, 3.8) is 0 Å². The average Bonchev–Trinajstić information content (AvgIpc) is 2.52. The van der Waals surface area contributed by atoms with Crippen molar-refractivity contribution in [3.8, 4) is 0 Å². The Hall–Kier alpha value is -0.0800. The van der Waals surface area contributed by atoms with Crippen LogP contribution in [0.4, 0.5) is 0 Å². The molecule has 0 unspecified atom stereocenters. The molecule has 0 aromatic heterocycles. The smallest absolute Gasteiger partial charge is 0.00953 e. The second-order valence-corrected chi connectivity index (χ2v) is 6.74. The van der Waals surface area contributed by atoms with Crippen LogP contribution in [-0.4, -0.2) is 37.1 Å². The predicted molar refractivity (Wildman–Crippen MR) is 90.3 cm³/mol. The van der Waals surface area contributed by atoms with E-state index in [1.807, 2.05) is 0 Å². The molecule has 20 heavy (non-hydrogen) atoms. The summed E-state index contributed by atoms with van der Waals surface area (Å²) >= 11 is 0. The third-order valence-electron chi connectivity index (χ3n) is 5.46. The van der Waals surface area contributed by atoms with Crippen LogP contribution >= 0.6 is 0 Å². The summed E-state index contributed by atoms with van der Waals surface area (Å²) in [7, 11) is 0. The van der Waals surface area contributed by atoms with Gasteiger partial charge in [0.05, 0.1) is 0 Å². The third kappa shape index (κ3) is 5.37. The van der Waals surface area contributed by atoms with Gasteiger partial charge in [0.25, 0.3) is 0 Å². The molecule has 0 heterocycles. The van der Waals surface area contributed by atoms with E-state index in [1.165, 1.54) is 71.0 Å². The average molecular weight is 283 g/mol. The monoisotopic (exact) mass is 282 g/mol. The van der Waals surface area contributed by atoms with Gasteiger partial charge in [0.15, 0.2) is 0 Å². The highest BCUT2D eigenvalue weighted by molar-refractivity contribution is 4.86. The minimum Gasteiger partial charge on any atom is -0.316 e. The predicted octanol–water partition coefficient (Wildman–Crippen LogP) is 4.45. The Morgan fingerprint density at radius 2 is 1.65 bits per heavy atom. The molecule has 1 fully saturated rings. The lowest BCUT2D eigenvalue weighted by Gasteiger charge is -2.42. The number of nitrogens with one attached hydrogen (secondary N) is 1. The van der Waals surface area contributed by atoms with E-state index in [4.69, 9.17) is 0 Å². The molecule has 120 valence electrons. The van der Waals surface area contributed by atoms with Crippen molar-refractivity contribution in [2.24, 2.45) is 5.41 Å². The fourth-order valence-corrected chi connectivity index (χ4v) is 3.69. The van der Waals surface area contributed by atoms with Crippen molar-refractivity contribution >= 4 is 0 Å². The molecule has 1 aliphatic carbocycles. The number of hydrogen-bond acceptors (Lipinski definition) is 2. The molecule has 0 aromatic rings. The van der Waals surface area contributed by atoms with Gasteiger partial charge in [-0.2, -0.15) is 0 Å². The lowest BCUT2D eigenvalue weighted by atomic mass is 9.80. The summed E-state index contributed by atoms with van der Waals surface area (Å²) in [6.07, 6.45) is 11.0. The molecule has 0 aliphatic heterocycles. The van der Waals surface area contributed by atoms with Crippen LogP contribution in [0.25, 0.3) is 0 Å². The van der Waals surface area contributed by atoms with E-state index in [2.05, 4.69) is 37.9 Å². The quantitative estimate of drug-likeness (QED) is 0.596. The Balaban J connectivity index is 2.59. The molecule has 0 amide bonds. The van der Waals surface area contributed by atoms with E-state index in [0.717, 1.165) is 12.6 Å². The molecular formula is C18H38N2. The lowest BCUT2D eigenvalue weighted by molar-refractivity contribution is 0.0846. The van der Waals surface area contributed by atoms with Crippen molar-refractivity contribution in [1.29, 1.82) is 0 Å². The molecule has 0 atom stereocenters. The molecule has 2 nitrogen and oxygen atoms in total. The van der Waals surface area contributed by atoms with Gasteiger partial charge in [-0.05, 0) is 50.6 Å². The topological polar surface area (TPSA) is 15.3 Å². The Morgan fingerprint density at radius 1 is 1.00 bits per heavy atom. The molecule has 1 aliphatic rings. The normalized spacial score (nSPS) is 17.9. The Kier molecular flexibility index (Phi) is 8.79. The zero-order valence-corrected chi connectivity index (χ0v) is 14.5. The largest absolute Gasteiger partial charge is 0.316 e. The zero-order chi connectivity index (χ0) is 14.8. The number of hydrogen-bond donors (Lipinski definition) is 1. The van der Waals surface area contributed by atoms with Crippen molar-refractivity contribution < 1.29 is 0 Å². The fraction of sp³-hybridized carbons (Fsp3) is 1.00. The van der Waals surface area contributed by atoms with Crippen molar-refractivity contribution in [1.82, 2.24) is 10.2 Å². The van der Waals surface area contributed by atoms with Crippen molar-refractivity contribution in [3.05, 3.63) is 0 Å². The molecule has 0 radical (unpaired) electrons. The first-order valence-electron chi connectivity index (χ1n) is 9.16. The first-order valence-corrected chi connectivity index (χ1v) is 9.16. The second-order valence-electron chi connectivity index (χ2n) is 6.74. The van der Waals surface area contributed by atoms with E-state index in [-0.39, 0.29) is 0 Å². The van der Waals surface area contributed by atoms with Crippen LogP contribution in [0, 0.1) is 5.41 Å². The molecule has 0 aromatic carbocycles. The number of nitrogens with zero attached hydrogens (tertiary/aromatic N) is 1. The van der Waals surface area contributed by atoms with Gasteiger partial charge >= 0.3 is 0 Å². The minimum atomic E-state index is 0.475. The highest BCUT2D eigenvalue weighted by Gasteiger charge is 2.31. The Morgan fingerprint density at radius 3 is 2.15 bits per heavy atom.